The van der Waals surface area contributed by atoms with Crippen LogP contribution in [0.4, 0.5) is 19.0 Å². The van der Waals surface area contributed by atoms with Crippen molar-refractivity contribution in [3.8, 4) is 0 Å². The second-order valence-corrected chi connectivity index (χ2v) is 9.87. The van der Waals surface area contributed by atoms with Crippen molar-refractivity contribution >= 4 is 28.8 Å². The SMILES string of the molecule is CC(=O)C(F)(F)F.CCCCc1nc2c(N)nnc(CC(C)C)c2n1C=C1CCC(C(C)N)CC1. The molecule has 1 atom stereocenters. The summed E-state index contributed by atoms with van der Waals surface area (Å²) in [7, 11) is 0. The number of allylic oxidation sites excluding steroid dienone is 1. The zero-order valence-electron chi connectivity index (χ0n) is 21.5. The molecule has 0 saturated heterocycles. The predicted molar refractivity (Wildman–Crippen MR) is 134 cm³/mol. The summed E-state index contributed by atoms with van der Waals surface area (Å²) in [6.07, 6.45) is 6.28. The largest absolute Gasteiger partial charge is 0.449 e. The minimum Gasteiger partial charge on any atom is -0.380 e. The van der Waals surface area contributed by atoms with E-state index in [-0.39, 0.29) is 6.04 Å². The average Bonchev–Trinajstić information content (AvgIpc) is 3.13. The summed E-state index contributed by atoms with van der Waals surface area (Å²) in [5, 5.41) is 8.64. The van der Waals surface area contributed by atoms with Gasteiger partial charge in [0.25, 0.3) is 0 Å². The third-order valence-electron chi connectivity index (χ3n) is 6.26. The maximum absolute atomic E-state index is 10.8. The van der Waals surface area contributed by atoms with Crippen LogP contribution in [0.15, 0.2) is 5.57 Å². The van der Waals surface area contributed by atoms with Gasteiger partial charge in [-0.15, -0.1) is 5.10 Å². The van der Waals surface area contributed by atoms with E-state index in [1.54, 1.807) is 0 Å². The first kappa shape index (κ1) is 28.7. The van der Waals surface area contributed by atoms with E-state index in [0.29, 0.717) is 24.6 Å². The molecule has 35 heavy (non-hydrogen) atoms. The minimum atomic E-state index is -4.64. The summed E-state index contributed by atoms with van der Waals surface area (Å²) in [5.74, 6) is 0.877. The first-order valence-corrected chi connectivity index (χ1v) is 12.4. The lowest BCUT2D eigenvalue weighted by molar-refractivity contribution is -0.168. The second kappa shape index (κ2) is 12.5. The highest BCUT2D eigenvalue weighted by Gasteiger charge is 2.33. The number of carbonyl (C=O) groups is 1. The molecule has 0 bridgehead atoms. The highest BCUT2D eigenvalue weighted by atomic mass is 19.4. The van der Waals surface area contributed by atoms with Crippen molar-refractivity contribution in [2.45, 2.75) is 98.2 Å². The lowest BCUT2D eigenvalue weighted by atomic mass is 9.82. The third-order valence-corrected chi connectivity index (χ3v) is 6.26. The lowest BCUT2D eigenvalue weighted by Crippen LogP contribution is -2.28. The Morgan fingerprint density at radius 1 is 1.20 bits per heavy atom. The molecule has 7 nitrogen and oxygen atoms in total. The maximum Gasteiger partial charge on any atom is 0.449 e. The topological polar surface area (TPSA) is 113 Å². The van der Waals surface area contributed by atoms with Crippen molar-refractivity contribution in [2.24, 2.45) is 17.6 Å². The van der Waals surface area contributed by atoms with Crippen molar-refractivity contribution in [3.05, 3.63) is 17.1 Å². The fourth-order valence-corrected chi connectivity index (χ4v) is 4.17. The van der Waals surface area contributed by atoms with E-state index in [1.807, 2.05) is 0 Å². The number of nitrogens with zero attached hydrogens (tertiary/aromatic N) is 4. The van der Waals surface area contributed by atoms with Crippen LogP contribution in [0.2, 0.25) is 0 Å². The number of imidazole rings is 1. The molecule has 2 heterocycles. The quantitative estimate of drug-likeness (QED) is 0.526. The third kappa shape index (κ3) is 8.02. The Hall–Kier alpha value is -2.49. The van der Waals surface area contributed by atoms with Crippen LogP contribution < -0.4 is 11.5 Å². The molecular weight excluding hydrogens is 457 g/mol. The number of ketones is 1. The highest BCUT2D eigenvalue weighted by molar-refractivity contribution is 5.88. The van der Waals surface area contributed by atoms with Crippen molar-refractivity contribution in [2.75, 3.05) is 5.73 Å². The van der Waals surface area contributed by atoms with Crippen molar-refractivity contribution in [1.29, 1.82) is 0 Å². The normalized spacial score (nSPS) is 17.3. The van der Waals surface area contributed by atoms with Gasteiger partial charge in [0, 0.05) is 25.6 Å². The van der Waals surface area contributed by atoms with E-state index in [4.69, 9.17) is 16.5 Å². The van der Waals surface area contributed by atoms with Gasteiger partial charge in [0.05, 0.1) is 11.2 Å². The molecule has 3 rings (SSSR count). The number of nitrogen functional groups attached to an aromatic ring is 1. The number of anilines is 1. The molecule has 1 aliphatic rings. The number of aromatic nitrogens is 4. The van der Waals surface area contributed by atoms with Crippen LogP contribution >= 0.6 is 0 Å². The molecule has 1 saturated carbocycles. The van der Waals surface area contributed by atoms with Gasteiger partial charge in [0.15, 0.2) is 5.82 Å². The van der Waals surface area contributed by atoms with E-state index in [1.165, 1.54) is 18.4 Å². The van der Waals surface area contributed by atoms with Crippen molar-refractivity contribution < 1.29 is 18.0 Å². The Labute approximate surface area is 205 Å². The lowest BCUT2D eigenvalue weighted by Gasteiger charge is -2.27. The fraction of sp³-hybridized carbons (Fsp3) is 0.680. The summed E-state index contributed by atoms with van der Waals surface area (Å²) >= 11 is 0. The number of hydrogen-bond donors (Lipinski definition) is 2. The van der Waals surface area contributed by atoms with E-state index in [9.17, 15) is 18.0 Å². The number of nitrogens with two attached hydrogens (primary N) is 2. The number of halogens is 3. The summed E-state index contributed by atoms with van der Waals surface area (Å²) < 4.78 is 34.8. The Balaban J connectivity index is 0.000000540. The smallest absolute Gasteiger partial charge is 0.380 e. The molecule has 196 valence electrons. The summed E-state index contributed by atoms with van der Waals surface area (Å²) in [6.45, 7) is 9.24. The molecule has 0 spiro atoms. The number of hydrogen-bond acceptors (Lipinski definition) is 6. The summed E-state index contributed by atoms with van der Waals surface area (Å²) in [6, 6.07) is 0.281. The van der Waals surface area contributed by atoms with Gasteiger partial charge in [-0.25, -0.2) is 4.98 Å². The van der Waals surface area contributed by atoms with Crippen molar-refractivity contribution in [1.82, 2.24) is 19.7 Å². The Morgan fingerprint density at radius 2 is 1.80 bits per heavy atom. The van der Waals surface area contributed by atoms with Crippen LogP contribution in [-0.2, 0) is 17.6 Å². The molecule has 0 radical (unpaired) electrons. The van der Waals surface area contributed by atoms with E-state index >= 15 is 0 Å². The van der Waals surface area contributed by atoms with Crippen molar-refractivity contribution in [3.63, 3.8) is 0 Å². The van der Waals surface area contributed by atoms with Gasteiger partial charge in [-0.2, -0.15) is 18.3 Å². The number of Topliss-reactive ketones (excluding diaryl/α,β-unsaturated/α-hetero) is 1. The van der Waals surface area contributed by atoms with E-state index in [2.05, 4.69) is 48.7 Å². The Morgan fingerprint density at radius 3 is 2.29 bits per heavy atom. The number of alkyl halides is 3. The Bertz CT molecular complexity index is 1020. The van der Waals surface area contributed by atoms with Gasteiger partial charge >= 0.3 is 6.18 Å². The number of carbonyl (C=O) groups excluding carboxylic acids is 1. The molecule has 0 aromatic carbocycles. The maximum atomic E-state index is 10.8. The molecule has 0 aliphatic heterocycles. The minimum absolute atomic E-state index is 0.281. The highest BCUT2D eigenvalue weighted by Crippen LogP contribution is 2.32. The molecule has 4 N–H and O–H groups in total. The van der Waals surface area contributed by atoms with Gasteiger partial charge < -0.3 is 16.0 Å². The molecule has 2 aromatic rings. The van der Waals surface area contributed by atoms with Crippen LogP contribution in [0.25, 0.3) is 17.2 Å². The standard InChI is InChI=1S/C22H36N6.C3H3F3O/c1-5-6-7-19-25-20-21(18(12-14(2)3)26-27-22(20)24)28(19)13-16-8-10-17(11-9-16)15(4)23;1-2(7)3(4,5)6/h13-15,17H,5-12,23H2,1-4H3,(H2,24,27);1H3. The second-order valence-electron chi connectivity index (χ2n) is 9.87. The molecule has 1 unspecified atom stereocenters. The monoisotopic (exact) mass is 496 g/mol. The van der Waals surface area contributed by atoms with Crippen LogP contribution in [0.3, 0.4) is 0 Å². The van der Waals surface area contributed by atoms with E-state index in [0.717, 1.165) is 61.1 Å². The predicted octanol–water partition coefficient (Wildman–Crippen LogP) is 5.47. The van der Waals surface area contributed by atoms with Crippen LogP contribution in [-0.4, -0.2) is 37.7 Å². The number of aryl methyl sites for hydroxylation is 1. The molecule has 2 aromatic heterocycles. The number of unbranched alkanes of at least 4 members (excludes halogenated alkanes) is 1. The van der Waals surface area contributed by atoms with Gasteiger partial charge in [0.2, 0.25) is 5.78 Å². The summed E-state index contributed by atoms with van der Waals surface area (Å²) in [5.41, 5.74) is 16.6. The average molecular weight is 497 g/mol. The first-order valence-electron chi connectivity index (χ1n) is 12.4. The molecule has 1 fully saturated rings. The van der Waals surface area contributed by atoms with Crippen LogP contribution in [0.5, 0.6) is 0 Å². The fourth-order valence-electron chi connectivity index (χ4n) is 4.17. The van der Waals surface area contributed by atoms with Gasteiger partial charge in [-0.05, 0) is 57.3 Å². The molecule has 0 amide bonds. The molecule has 10 heteroatoms. The van der Waals surface area contributed by atoms with Gasteiger partial charge in [-0.3, -0.25) is 4.79 Å². The zero-order valence-corrected chi connectivity index (χ0v) is 21.5. The summed E-state index contributed by atoms with van der Waals surface area (Å²) in [4.78, 5) is 14.2. The van der Waals surface area contributed by atoms with E-state index < -0.39 is 12.0 Å². The van der Waals surface area contributed by atoms with Crippen LogP contribution in [0.1, 0.15) is 84.7 Å². The van der Waals surface area contributed by atoms with Crippen LogP contribution in [0, 0.1) is 11.8 Å². The molecule has 1 aliphatic carbocycles. The van der Waals surface area contributed by atoms with Gasteiger partial charge in [-0.1, -0.05) is 32.8 Å². The zero-order chi connectivity index (χ0) is 26.3. The number of rotatable bonds is 7. The first-order chi connectivity index (χ1) is 16.3. The number of fused-ring (bicyclic) bond motifs is 1. The molecular formula is C25H39F3N6O. The Kier molecular flexibility index (Phi) is 10.2. The van der Waals surface area contributed by atoms with Gasteiger partial charge in [0.1, 0.15) is 11.3 Å².